The van der Waals surface area contributed by atoms with Crippen LogP contribution in [0.2, 0.25) is 0 Å². The topological polar surface area (TPSA) is 22.9 Å². The third-order valence-corrected chi connectivity index (χ3v) is 20.2. The second kappa shape index (κ2) is 17.8. The molecule has 0 fully saturated rings. The first-order valence-electron chi connectivity index (χ1n) is 30.4. The quantitative estimate of drug-likeness (QED) is 0.160. The Kier molecular flexibility index (Phi) is 11.4. The SMILES string of the molecule is Cc1cc2c(cc1N1c3ccc(N(c4ccc(C(C)(C)C)cc4)c4ccc(C(C)(C)C)cc4)cc3B3c4c1cc1ccccc1c4-c1c(ccc4oc5ccccc5c14)N3c1ccc3c(c1)C(C)(C)CCC3(C)C)C(C)(C)CCC2(C)C. The molecule has 0 unspecified atom stereocenters. The number of hydrogen-bond acceptors (Lipinski definition) is 4. The molecule has 412 valence electrons. The van der Waals surface area contributed by atoms with Crippen LogP contribution in [-0.4, -0.2) is 6.85 Å². The zero-order chi connectivity index (χ0) is 57.4. The molecular formula is C77H80BN3O. The average molecular weight is 1070 g/mol. The van der Waals surface area contributed by atoms with Crippen LogP contribution in [0.4, 0.5) is 45.5 Å². The van der Waals surface area contributed by atoms with Crippen molar-refractivity contribution >= 4 is 96.0 Å². The smallest absolute Gasteiger partial charge is 0.333 e. The number of anilines is 8. The van der Waals surface area contributed by atoms with Crippen molar-refractivity contribution in [1.82, 2.24) is 0 Å². The lowest BCUT2D eigenvalue weighted by atomic mass is 9.43. The maximum absolute atomic E-state index is 6.90. The van der Waals surface area contributed by atoms with Gasteiger partial charge in [0.15, 0.2) is 0 Å². The standard InChI is InChI=1S/C77H80BN3O/c1-47-42-58-60(77(14,15)41-40-75(58,10)11)46-64(47)80-62-35-33-53(79(51-28-24-49(25-29-51)72(2,3)4)52-30-26-50(27-31-52)73(5,6)7)45-61(62)78-71-65(80)43-48-20-16-17-21-55(48)69(71)70-63(36-37-67-68(70)56-22-18-19-23-66(56)82-67)81(78)54-32-34-57-59(44-54)76(12,13)39-38-74(57,8)9/h16-37,42-46H,38-41H2,1-15H3. The molecular weight excluding hydrogens is 994 g/mol. The van der Waals surface area contributed by atoms with Gasteiger partial charge in [-0.25, -0.2) is 0 Å². The number of fused-ring (bicyclic) bond motifs is 12. The number of benzene rings is 9. The summed E-state index contributed by atoms with van der Waals surface area (Å²) in [5.41, 5.74) is 26.3. The van der Waals surface area contributed by atoms with E-state index in [-0.39, 0.29) is 39.3 Å². The molecule has 82 heavy (non-hydrogen) atoms. The number of nitrogens with zero attached hydrogens (tertiary/aromatic N) is 3. The molecule has 4 nitrogen and oxygen atoms in total. The van der Waals surface area contributed by atoms with E-state index in [4.69, 9.17) is 4.42 Å². The minimum absolute atomic E-state index is 0.00416. The van der Waals surface area contributed by atoms with Crippen LogP contribution in [0.3, 0.4) is 0 Å². The molecule has 0 spiro atoms. The average Bonchev–Trinajstić information content (AvgIpc) is 1.05. The van der Waals surface area contributed by atoms with Gasteiger partial charge in [0.25, 0.3) is 0 Å². The molecule has 2 aliphatic carbocycles. The summed E-state index contributed by atoms with van der Waals surface area (Å²) in [5.74, 6) is 0. The summed E-state index contributed by atoms with van der Waals surface area (Å²) in [6, 6.07) is 63.8. The van der Waals surface area contributed by atoms with Crippen molar-refractivity contribution in [3.05, 3.63) is 203 Å². The van der Waals surface area contributed by atoms with E-state index in [0.717, 1.165) is 58.3 Å². The summed E-state index contributed by atoms with van der Waals surface area (Å²) in [5, 5.41) is 4.78. The molecule has 0 radical (unpaired) electrons. The fraction of sp³-hybridized carbons (Fsp3) is 0.325. The highest BCUT2D eigenvalue weighted by molar-refractivity contribution is 6.94. The van der Waals surface area contributed by atoms with Gasteiger partial charge in [-0.15, -0.1) is 0 Å². The fourth-order valence-electron chi connectivity index (χ4n) is 15.0. The van der Waals surface area contributed by atoms with Crippen molar-refractivity contribution in [2.45, 2.75) is 162 Å². The van der Waals surface area contributed by atoms with Crippen LogP contribution in [0.15, 0.2) is 168 Å². The second-order valence-electron chi connectivity index (χ2n) is 29.6. The Morgan fingerprint density at radius 3 is 1.61 bits per heavy atom. The summed E-state index contributed by atoms with van der Waals surface area (Å²) >= 11 is 0. The summed E-state index contributed by atoms with van der Waals surface area (Å²) in [6.45, 7) is 35.6. The number of para-hydroxylation sites is 1. The van der Waals surface area contributed by atoms with Crippen molar-refractivity contribution < 1.29 is 4.42 Å². The first-order valence-corrected chi connectivity index (χ1v) is 30.4. The third-order valence-electron chi connectivity index (χ3n) is 20.2. The molecule has 0 amide bonds. The Morgan fingerprint density at radius 2 is 0.988 bits per heavy atom. The lowest BCUT2D eigenvalue weighted by Gasteiger charge is -2.48. The molecule has 0 saturated heterocycles. The maximum atomic E-state index is 6.90. The Morgan fingerprint density at radius 1 is 0.451 bits per heavy atom. The van der Waals surface area contributed by atoms with Crippen LogP contribution in [0.1, 0.15) is 162 Å². The minimum Gasteiger partial charge on any atom is -0.456 e. The molecule has 4 aliphatic rings. The summed E-state index contributed by atoms with van der Waals surface area (Å²) in [6.07, 6.45) is 4.60. The predicted molar refractivity (Wildman–Crippen MR) is 352 cm³/mol. The third kappa shape index (κ3) is 7.98. The van der Waals surface area contributed by atoms with Crippen LogP contribution in [0.5, 0.6) is 0 Å². The van der Waals surface area contributed by atoms with Gasteiger partial charge in [0.1, 0.15) is 11.2 Å². The summed E-state index contributed by atoms with van der Waals surface area (Å²) in [7, 11) is 0. The van der Waals surface area contributed by atoms with Gasteiger partial charge in [0.2, 0.25) is 0 Å². The highest BCUT2D eigenvalue weighted by atomic mass is 16.3. The van der Waals surface area contributed by atoms with Crippen molar-refractivity contribution in [2.75, 3.05) is 14.6 Å². The van der Waals surface area contributed by atoms with Crippen LogP contribution in [0.25, 0.3) is 43.8 Å². The van der Waals surface area contributed by atoms with E-state index in [0.29, 0.717) is 0 Å². The molecule has 0 N–H and O–H groups in total. The lowest BCUT2D eigenvalue weighted by Crippen LogP contribution is -2.61. The molecule has 0 bridgehead atoms. The Balaban J connectivity index is 1.13. The van der Waals surface area contributed by atoms with Crippen molar-refractivity contribution in [2.24, 2.45) is 0 Å². The van der Waals surface area contributed by atoms with E-state index >= 15 is 0 Å². The molecule has 5 heteroatoms. The summed E-state index contributed by atoms with van der Waals surface area (Å²) < 4.78 is 6.90. The van der Waals surface area contributed by atoms with Gasteiger partial charge in [0.05, 0.1) is 0 Å². The van der Waals surface area contributed by atoms with Gasteiger partial charge >= 0.3 is 6.85 Å². The van der Waals surface area contributed by atoms with Gasteiger partial charge in [-0.3, -0.25) is 0 Å². The molecule has 0 saturated carbocycles. The van der Waals surface area contributed by atoms with Crippen LogP contribution >= 0.6 is 0 Å². The first kappa shape index (κ1) is 52.6. The van der Waals surface area contributed by atoms with Crippen LogP contribution in [0, 0.1) is 6.92 Å². The van der Waals surface area contributed by atoms with Gasteiger partial charge in [-0.2, -0.15) is 0 Å². The highest BCUT2D eigenvalue weighted by Crippen LogP contribution is 2.56. The molecule has 3 heterocycles. The normalized spacial score (nSPS) is 17.3. The van der Waals surface area contributed by atoms with Gasteiger partial charge < -0.3 is 19.0 Å². The Hall–Kier alpha value is -7.50. The first-order chi connectivity index (χ1) is 38.8. The number of hydrogen-bond donors (Lipinski definition) is 0. The maximum Gasteiger partial charge on any atom is 0.333 e. The monoisotopic (exact) mass is 1070 g/mol. The molecule has 9 aromatic carbocycles. The van der Waals surface area contributed by atoms with E-state index in [1.165, 1.54) is 107 Å². The molecule has 0 atom stereocenters. The number of furan rings is 1. The molecule has 10 aromatic rings. The Bertz CT molecular complexity index is 4210. The largest absolute Gasteiger partial charge is 0.456 e. The van der Waals surface area contributed by atoms with Gasteiger partial charge in [-0.05, 0) is 216 Å². The lowest BCUT2D eigenvalue weighted by molar-refractivity contribution is 0.332. The minimum atomic E-state index is -0.233. The second-order valence-corrected chi connectivity index (χ2v) is 29.6. The molecule has 1 aromatic heterocycles. The predicted octanol–water partition coefficient (Wildman–Crippen LogP) is 20.5. The van der Waals surface area contributed by atoms with Gasteiger partial charge in [-0.1, -0.05) is 176 Å². The van der Waals surface area contributed by atoms with Crippen molar-refractivity contribution in [3.63, 3.8) is 0 Å². The molecule has 14 rings (SSSR count). The highest BCUT2D eigenvalue weighted by Gasteiger charge is 2.49. The van der Waals surface area contributed by atoms with E-state index in [9.17, 15) is 0 Å². The van der Waals surface area contributed by atoms with E-state index in [1.807, 2.05) is 0 Å². The van der Waals surface area contributed by atoms with Crippen molar-refractivity contribution in [3.8, 4) is 11.1 Å². The summed E-state index contributed by atoms with van der Waals surface area (Å²) in [4.78, 5) is 7.94. The molecule has 2 aliphatic heterocycles. The Labute approximate surface area is 488 Å². The van der Waals surface area contributed by atoms with Crippen LogP contribution < -0.4 is 25.5 Å². The van der Waals surface area contributed by atoms with E-state index in [2.05, 4.69) is 282 Å². The zero-order valence-electron chi connectivity index (χ0n) is 51.2. The van der Waals surface area contributed by atoms with Gasteiger partial charge in [0, 0.05) is 61.8 Å². The van der Waals surface area contributed by atoms with Crippen molar-refractivity contribution in [1.29, 1.82) is 0 Å². The fourth-order valence-corrected chi connectivity index (χ4v) is 15.0. The number of rotatable bonds is 5. The zero-order valence-corrected chi connectivity index (χ0v) is 51.2. The van der Waals surface area contributed by atoms with E-state index < -0.39 is 0 Å². The van der Waals surface area contributed by atoms with Crippen LogP contribution in [-0.2, 0) is 32.5 Å². The number of aryl methyl sites for hydroxylation is 1. The van der Waals surface area contributed by atoms with E-state index in [1.54, 1.807) is 0 Å².